The van der Waals surface area contributed by atoms with Crippen LogP contribution >= 0.6 is 11.6 Å². The second-order valence-electron chi connectivity index (χ2n) is 7.44. The van der Waals surface area contributed by atoms with E-state index in [1.807, 2.05) is 49.4 Å². The molecular formula is C24H29ClN2O3. The normalized spacial score (nSPS) is 15.3. The SMILES string of the molecule is C/C=C/c1ccc(OCC(=O)NC2CCN(Cc3ccc(Cl)cc3)CC2)c(OC)c1. The monoisotopic (exact) mass is 428 g/mol. The van der Waals surface area contributed by atoms with Crippen molar-refractivity contribution in [2.75, 3.05) is 26.8 Å². The molecule has 0 radical (unpaired) electrons. The summed E-state index contributed by atoms with van der Waals surface area (Å²) in [6.45, 7) is 4.75. The van der Waals surface area contributed by atoms with Gasteiger partial charge in [0.05, 0.1) is 7.11 Å². The number of halogens is 1. The van der Waals surface area contributed by atoms with Crippen molar-refractivity contribution in [3.05, 3.63) is 64.7 Å². The molecule has 2 aromatic rings. The molecule has 0 unspecified atom stereocenters. The first-order valence-corrected chi connectivity index (χ1v) is 10.6. The number of nitrogens with one attached hydrogen (secondary N) is 1. The molecule has 0 saturated carbocycles. The first-order valence-electron chi connectivity index (χ1n) is 10.3. The summed E-state index contributed by atoms with van der Waals surface area (Å²) < 4.78 is 11.1. The quantitative estimate of drug-likeness (QED) is 0.670. The Balaban J connectivity index is 1.42. The summed E-state index contributed by atoms with van der Waals surface area (Å²) in [7, 11) is 1.60. The van der Waals surface area contributed by atoms with E-state index >= 15 is 0 Å². The van der Waals surface area contributed by atoms with Gasteiger partial charge in [-0.1, -0.05) is 42.0 Å². The van der Waals surface area contributed by atoms with Gasteiger partial charge in [0.15, 0.2) is 18.1 Å². The maximum Gasteiger partial charge on any atom is 0.258 e. The minimum atomic E-state index is -0.106. The number of hydrogen-bond acceptors (Lipinski definition) is 4. The molecule has 1 fully saturated rings. The highest BCUT2D eigenvalue weighted by atomic mass is 35.5. The van der Waals surface area contributed by atoms with E-state index in [1.165, 1.54) is 5.56 Å². The van der Waals surface area contributed by atoms with Crippen LogP contribution in [0.5, 0.6) is 11.5 Å². The molecule has 1 saturated heterocycles. The van der Waals surface area contributed by atoms with Crippen molar-refractivity contribution in [1.29, 1.82) is 0 Å². The maximum absolute atomic E-state index is 12.3. The molecule has 0 bridgehead atoms. The first-order chi connectivity index (χ1) is 14.6. The van der Waals surface area contributed by atoms with Crippen molar-refractivity contribution < 1.29 is 14.3 Å². The summed E-state index contributed by atoms with van der Waals surface area (Å²) in [6.07, 6.45) is 5.81. The predicted molar refractivity (Wildman–Crippen MR) is 121 cm³/mol. The van der Waals surface area contributed by atoms with Gasteiger partial charge in [-0.25, -0.2) is 0 Å². The summed E-state index contributed by atoms with van der Waals surface area (Å²) in [5.41, 5.74) is 2.28. The smallest absolute Gasteiger partial charge is 0.258 e. The van der Waals surface area contributed by atoms with Crippen LogP contribution in [0.4, 0.5) is 0 Å². The van der Waals surface area contributed by atoms with E-state index in [1.54, 1.807) is 7.11 Å². The second kappa shape index (κ2) is 11.0. The van der Waals surface area contributed by atoms with Crippen molar-refractivity contribution in [1.82, 2.24) is 10.2 Å². The summed E-state index contributed by atoms with van der Waals surface area (Å²) in [5.74, 6) is 1.08. The Hall–Kier alpha value is -2.50. The van der Waals surface area contributed by atoms with Crippen molar-refractivity contribution in [3.8, 4) is 11.5 Å². The van der Waals surface area contributed by atoms with Crippen molar-refractivity contribution in [2.45, 2.75) is 32.4 Å². The Morgan fingerprint density at radius 1 is 1.17 bits per heavy atom. The molecule has 0 aromatic heterocycles. The topological polar surface area (TPSA) is 50.8 Å². The molecule has 5 nitrogen and oxygen atoms in total. The molecule has 0 spiro atoms. The molecule has 30 heavy (non-hydrogen) atoms. The van der Waals surface area contributed by atoms with E-state index in [0.717, 1.165) is 43.1 Å². The van der Waals surface area contributed by atoms with Crippen LogP contribution in [0, 0.1) is 0 Å². The zero-order chi connectivity index (χ0) is 21.3. The Bertz CT molecular complexity index is 859. The van der Waals surface area contributed by atoms with Gasteiger partial charge in [0, 0.05) is 30.7 Å². The molecule has 1 amide bonds. The number of carbonyl (C=O) groups is 1. The standard InChI is InChI=1S/C24H29ClN2O3/c1-3-4-18-7-10-22(23(15-18)29-2)30-17-24(28)26-21-11-13-27(14-12-21)16-19-5-8-20(25)9-6-19/h3-10,15,21H,11-14,16-17H2,1-2H3,(H,26,28)/b4-3+. The van der Waals surface area contributed by atoms with Crippen LogP contribution in [0.15, 0.2) is 48.5 Å². The van der Waals surface area contributed by atoms with E-state index in [0.29, 0.717) is 11.5 Å². The van der Waals surface area contributed by atoms with Gasteiger partial charge >= 0.3 is 0 Å². The van der Waals surface area contributed by atoms with E-state index in [2.05, 4.69) is 22.3 Å². The summed E-state index contributed by atoms with van der Waals surface area (Å²) in [4.78, 5) is 14.7. The zero-order valence-electron chi connectivity index (χ0n) is 17.6. The predicted octanol–water partition coefficient (Wildman–Crippen LogP) is 4.54. The number of hydrogen-bond donors (Lipinski definition) is 1. The molecule has 6 heteroatoms. The van der Waals surface area contributed by atoms with E-state index in [-0.39, 0.29) is 18.6 Å². The zero-order valence-corrected chi connectivity index (χ0v) is 18.3. The molecule has 0 aliphatic carbocycles. The number of rotatable bonds is 8. The molecule has 0 atom stereocenters. The third-order valence-electron chi connectivity index (χ3n) is 5.18. The van der Waals surface area contributed by atoms with Gasteiger partial charge in [0.2, 0.25) is 0 Å². The number of allylic oxidation sites excluding steroid dienone is 1. The van der Waals surface area contributed by atoms with E-state index in [4.69, 9.17) is 21.1 Å². The summed E-state index contributed by atoms with van der Waals surface area (Å²) in [6, 6.07) is 13.8. The highest BCUT2D eigenvalue weighted by Gasteiger charge is 2.21. The van der Waals surface area contributed by atoms with Gasteiger partial charge in [0.1, 0.15) is 0 Å². The molecule has 1 aliphatic rings. The number of benzene rings is 2. The largest absolute Gasteiger partial charge is 0.493 e. The first kappa shape index (κ1) is 22.2. The Kier molecular flexibility index (Phi) is 8.17. The molecule has 160 valence electrons. The number of nitrogens with zero attached hydrogens (tertiary/aromatic N) is 1. The number of methoxy groups -OCH3 is 1. The Morgan fingerprint density at radius 3 is 2.57 bits per heavy atom. The minimum Gasteiger partial charge on any atom is -0.493 e. The van der Waals surface area contributed by atoms with Crippen LogP contribution in [0.25, 0.3) is 6.08 Å². The molecule has 1 aliphatic heterocycles. The minimum absolute atomic E-state index is 0.0235. The number of piperidine rings is 1. The second-order valence-corrected chi connectivity index (χ2v) is 7.88. The van der Waals surface area contributed by atoms with E-state index in [9.17, 15) is 4.79 Å². The van der Waals surface area contributed by atoms with Gasteiger partial charge in [-0.15, -0.1) is 0 Å². The van der Waals surface area contributed by atoms with Crippen LogP contribution in [0.2, 0.25) is 5.02 Å². The van der Waals surface area contributed by atoms with Gasteiger partial charge < -0.3 is 14.8 Å². The highest BCUT2D eigenvalue weighted by Crippen LogP contribution is 2.28. The Labute approximate surface area is 183 Å². The highest BCUT2D eigenvalue weighted by molar-refractivity contribution is 6.30. The number of ether oxygens (including phenoxy) is 2. The average Bonchev–Trinajstić information content (AvgIpc) is 2.76. The number of likely N-dealkylation sites (tertiary alicyclic amines) is 1. The summed E-state index contributed by atoms with van der Waals surface area (Å²) in [5, 5.41) is 3.85. The third kappa shape index (κ3) is 6.51. The molecular weight excluding hydrogens is 400 g/mol. The lowest BCUT2D eigenvalue weighted by Gasteiger charge is -2.32. The fraction of sp³-hybridized carbons (Fsp3) is 0.375. The van der Waals surface area contributed by atoms with Crippen LogP contribution in [0.1, 0.15) is 30.9 Å². The maximum atomic E-state index is 12.3. The van der Waals surface area contributed by atoms with Crippen LogP contribution in [-0.2, 0) is 11.3 Å². The van der Waals surface area contributed by atoms with Crippen molar-refractivity contribution in [2.24, 2.45) is 0 Å². The lowest BCUT2D eigenvalue weighted by atomic mass is 10.0. The lowest BCUT2D eigenvalue weighted by molar-refractivity contribution is -0.124. The van der Waals surface area contributed by atoms with Gasteiger partial charge in [-0.05, 0) is 55.2 Å². The van der Waals surface area contributed by atoms with Gasteiger partial charge in [-0.2, -0.15) is 0 Å². The van der Waals surface area contributed by atoms with Crippen LogP contribution in [0.3, 0.4) is 0 Å². The van der Waals surface area contributed by atoms with Crippen LogP contribution in [-0.4, -0.2) is 43.7 Å². The van der Waals surface area contributed by atoms with Gasteiger partial charge in [-0.3, -0.25) is 9.69 Å². The Morgan fingerprint density at radius 2 is 1.90 bits per heavy atom. The molecule has 2 aromatic carbocycles. The number of carbonyl (C=O) groups excluding carboxylic acids is 1. The molecule has 3 rings (SSSR count). The fourth-order valence-corrected chi connectivity index (χ4v) is 3.72. The van der Waals surface area contributed by atoms with E-state index < -0.39 is 0 Å². The van der Waals surface area contributed by atoms with Crippen molar-refractivity contribution in [3.63, 3.8) is 0 Å². The lowest BCUT2D eigenvalue weighted by Crippen LogP contribution is -2.45. The molecule has 1 N–H and O–H groups in total. The van der Waals surface area contributed by atoms with Crippen molar-refractivity contribution >= 4 is 23.6 Å². The van der Waals surface area contributed by atoms with Gasteiger partial charge in [0.25, 0.3) is 5.91 Å². The summed E-state index contributed by atoms with van der Waals surface area (Å²) >= 11 is 5.95. The average molecular weight is 429 g/mol. The third-order valence-corrected chi connectivity index (χ3v) is 5.43. The molecule has 1 heterocycles. The fourth-order valence-electron chi connectivity index (χ4n) is 3.60. The number of amides is 1. The van der Waals surface area contributed by atoms with Crippen LogP contribution < -0.4 is 14.8 Å².